The van der Waals surface area contributed by atoms with E-state index in [1.54, 1.807) is 49.8 Å². The van der Waals surface area contributed by atoms with Crippen molar-refractivity contribution < 1.29 is 33.4 Å². The van der Waals surface area contributed by atoms with Crippen LogP contribution in [0.25, 0.3) is 0 Å². The number of amides is 3. The number of hydrogen-bond donors (Lipinski definition) is 1. The first-order valence-electron chi connectivity index (χ1n) is 16.1. The number of aryl methyl sites for hydroxylation is 1. The van der Waals surface area contributed by atoms with E-state index in [1.165, 1.54) is 13.2 Å². The highest BCUT2D eigenvalue weighted by Gasteiger charge is 2.45. The average molecular weight is 685 g/mol. The van der Waals surface area contributed by atoms with Crippen LogP contribution in [0, 0.1) is 12.8 Å². The van der Waals surface area contributed by atoms with Crippen LogP contribution >= 0.6 is 11.6 Å². The zero-order chi connectivity index (χ0) is 35.5. The monoisotopic (exact) mass is 684 g/mol. The van der Waals surface area contributed by atoms with E-state index in [9.17, 15) is 19.2 Å². The summed E-state index contributed by atoms with van der Waals surface area (Å²) in [5.41, 5.74) is 0.854. The van der Waals surface area contributed by atoms with Crippen molar-refractivity contribution in [2.75, 3.05) is 40.5 Å². The Bertz CT molecular complexity index is 1430. The molecule has 2 heterocycles. The maximum Gasteiger partial charge on any atom is 0.408 e. The molecule has 11 nitrogen and oxygen atoms in total. The molecule has 1 aromatic heterocycles. The number of esters is 1. The fraction of sp³-hybridized carbons (Fsp3) is 0.528. The summed E-state index contributed by atoms with van der Waals surface area (Å²) in [7, 11) is 3.12. The summed E-state index contributed by atoms with van der Waals surface area (Å²) in [6.45, 7) is 11.3. The topological polar surface area (TPSA) is 127 Å². The van der Waals surface area contributed by atoms with Crippen LogP contribution in [0.2, 0.25) is 5.02 Å². The van der Waals surface area contributed by atoms with Crippen LogP contribution in [-0.4, -0.2) is 96.3 Å². The lowest BCUT2D eigenvalue weighted by Crippen LogP contribution is -2.65. The van der Waals surface area contributed by atoms with Crippen molar-refractivity contribution in [3.63, 3.8) is 0 Å². The van der Waals surface area contributed by atoms with Gasteiger partial charge in [0.05, 0.1) is 24.5 Å². The number of likely N-dealkylation sites (N-methyl/N-ethyl adjacent to an activating group) is 1. The van der Waals surface area contributed by atoms with Gasteiger partial charge in [0, 0.05) is 50.1 Å². The predicted molar refractivity (Wildman–Crippen MR) is 183 cm³/mol. The fourth-order valence-electron chi connectivity index (χ4n) is 6.00. The van der Waals surface area contributed by atoms with Gasteiger partial charge in [-0.1, -0.05) is 42.5 Å². The van der Waals surface area contributed by atoms with Gasteiger partial charge in [0.15, 0.2) is 0 Å². The highest BCUT2D eigenvalue weighted by atomic mass is 35.5. The average Bonchev–Trinajstić information content (AvgIpc) is 3.02. The molecule has 0 aliphatic carbocycles. The number of rotatable bonds is 14. The van der Waals surface area contributed by atoms with Crippen LogP contribution < -0.4 is 5.32 Å². The number of halogens is 1. The molecule has 1 aromatic carbocycles. The third-order valence-electron chi connectivity index (χ3n) is 8.20. The summed E-state index contributed by atoms with van der Waals surface area (Å²) in [5.74, 6) is -1.82. The number of piperidine rings is 1. The number of nitrogens with zero attached hydrogens (tertiary/aromatic N) is 3. The summed E-state index contributed by atoms with van der Waals surface area (Å²) in [4.78, 5) is 62.0. The molecule has 12 heteroatoms. The molecule has 1 aliphatic heterocycles. The minimum Gasteiger partial charge on any atom is -0.460 e. The second-order valence-electron chi connectivity index (χ2n) is 13.3. The van der Waals surface area contributed by atoms with E-state index in [0.717, 1.165) is 11.3 Å². The van der Waals surface area contributed by atoms with Crippen LogP contribution in [0.4, 0.5) is 4.79 Å². The van der Waals surface area contributed by atoms with E-state index in [1.807, 2.05) is 37.3 Å². The first kappa shape index (κ1) is 38.5. The van der Waals surface area contributed by atoms with Crippen LogP contribution in [0.15, 0.2) is 55.1 Å². The van der Waals surface area contributed by atoms with Crippen molar-refractivity contribution in [2.45, 2.75) is 77.0 Å². The predicted octanol–water partition coefficient (Wildman–Crippen LogP) is 4.92. The Balaban J connectivity index is 1.97. The quantitative estimate of drug-likeness (QED) is 0.219. The third-order valence-corrected chi connectivity index (χ3v) is 8.45. The third kappa shape index (κ3) is 11.3. The summed E-state index contributed by atoms with van der Waals surface area (Å²) in [6.07, 6.45) is 2.38. The number of alkyl carbamates (subject to hydrolysis) is 1. The molecule has 0 bridgehead atoms. The van der Waals surface area contributed by atoms with Crippen molar-refractivity contribution in [3.05, 3.63) is 77.1 Å². The molecule has 0 radical (unpaired) electrons. The lowest BCUT2D eigenvalue weighted by Gasteiger charge is -2.49. The van der Waals surface area contributed by atoms with Gasteiger partial charge in [0.25, 0.3) is 0 Å². The van der Waals surface area contributed by atoms with Crippen LogP contribution in [-0.2, 0) is 41.4 Å². The number of benzene rings is 1. The summed E-state index contributed by atoms with van der Waals surface area (Å²) >= 11 is 6.19. The molecule has 0 spiro atoms. The minimum absolute atomic E-state index is 0.0182. The molecule has 0 saturated carbocycles. The standard InChI is InChI=1S/C36H49ClN4O7/c1-8-19-47-34(45)39-30(23-46-7)33(44)40(6)36(22-26-13-15-28(37)16-14-26)17-10-18-41(24-36)32(43)27(21-31(42)48-35(3,4)5)20-29-12-9-11-25(2)38-29/h8-9,11-16,27,30H,1,10,17-24H2,2-7H3,(H,39,45). The number of hydrogen-bond acceptors (Lipinski definition) is 8. The van der Waals surface area contributed by atoms with Gasteiger partial charge in [-0.25, -0.2) is 4.79 Å². The number of carbonyl (C=O) groups is 4. The van der Waals surface area contributed by atoms with E-state index < -0.39 is 41.1 Å². The van der Waals surface area contributed by atoms with Crippen molar-refractivity contribution in [2.24, 2.45) is 5.92 Å². The van der Waals surface area contributed by atoms with Gasteiger partial charge in [-0.3, -0.25) is 19.4 Å². The van der Waals surface area contributed by atoms with E-state index in [2.05, 4.69) is 16.9 Å². The molecule has 2 aromatic rings. The molecule has 48 heavy (non-hydrogen) atoms. The van der Waals surface area contributed by atoms with Gasteiger partial charge in [-0.05, 0) is 76.8 Å². The molecule has 3 amide bonds. The van der Waals surface area contributed by atoms with Crippen LogP contribution in [0.3, 0.4) is 0 Å². The lowest BCUT2D eigenvalue weighted by molar-refractivity contribution is -0.159. The van der Waals surface area contributed by atoms with Gasteiger partial charge in [-0.15, -0.1) is 0 Å². The molecule has 1 N–H and O–H groups in total. The van der Waals surface area contributed by atoms with Gasteiger partial charge in [0.2, 0.25) is 11.8 Å². The molecule has 1 saturated heterocycles. The smallest absolute Gasteiger partial charge is 0.408 e. The number of methoxy groups -OCH3 is 1. The lowest BCUT2D eigenvalue weighted by atomic mass is 9.80. The molecule has 3 atom stereocenters. The van der Waals surface area contributed by atoms with Gasteiger partial charge in [-0.2, -0.15) is 0 Å². The zero-order valence-corrected chi connectivity index (χ0v) is 29.7. The van der Waals surface area contributed by atoms with Gasteiger partial charge < -0.3 is 29.3 Å². The Morgan fingerprint density at radius 1 is 1.17 bits per heavy atom. The largest absolute Gasteiger partial charge is 0.460 e. The number of nitrogens with one attached hydrogen (secondary N) is 1. The van der Waals surface area contributed by atoms with E-state index in [4.69, 9.17) is 25.8 Å². The van der Waals surface area contributed by atoms with E-state index in [0.29, 0.717) is 36.5 Å². The van der Waals surface area contributed by atoms with Crippen molar-refractivity contribution >= 4 is 35.5 Å². The van der Waals surface area contributed by atoms with Crippen molar-refractivity contribution in [3.8, 4) is 0 Å². The van der Waals surface area contributed by atoms with Crippen LogP contribution in [0.1, 0.15) is 57.0 Å². The Morgan fingerprint density at radius 3 is 2.50 bits per heavy atom. The number of ether oxygens (including phenoxy) is 3. The number of pyridine rings is 1. The van der Waals surface area contributed by atoms with Crippen molar-refractivity contribution in [1.29, 1.82) is 0 Å². The molecule has 1 fully saturated rings. The fourth-order valence-corrected chi connectivity index (χ4v) is 6.13. The first-order valence-corrected chi connectivity index (χ1v) is 16.5. The van der Waals surface area contributed by atoms with E-state index in [-0.39, 0.29) is 38.5 Å². The number of aromatic nitrogens is 1. The second-order valence-corrected chi connectivity index (χ2v) is 13.7. The maximum atomic E-state index is 14.4. The molecule has 3 unspecified atom stereocenters. The molecular formula is C36H49ClN4O7. The normalized spacial score (nSPS) is 17.5. The number of carbonyl (C=O) groups excluding carboxylic acids is 4. The molecular weight excluding hydrogens is 636 g/mol. The number of likely N-dealkylation sites (tertiary alicyclic amines) is 1. The molecule has 1 aliphatic rings. The van der Waals surface area contributed by atoms with E-state index >= 15 is 0 Å². The van der Waals surface area contributed by atoms with Crippen LogP contribution in [0.5, 0.6) is 0 Å². The minimum atomic E-state index is -1.04. The Hall–Kier alpha value is -3.96. The SMILES string of the molecule is C=CCOC(=O)NC(COC)C(=O)N(C)C1(Cc2ccc(Cl)cc2)CCCN(C(=O)C(CC(=O)OC(C)(C)C)Cc2cccc(C)n2)C1. The summed E-state index contributed by atoms with van der Waals surface area (Å²) < 4.78 is 16.0. The Morgan fingerprint density at radius 2 is 1.88 bits per heavy atom. The summed E-state index contributed by atoms with van der Waals surface area (Å²) in [5, 5.41) is 3.18. The Labute approximate surface area is 288 Å². The summed E-state index contributed by atoms with van der Waals surface area (Å²) in [6, 6.07) is 11.9. The van der Waals surface area contributed by atoms with Gasteiger partial charge >= 0.3 is 12.1 Å². The first-order chi connectivity index (χ1) is 22.7. The Kier molecular flexibility index (Phi) is 14.0. The maximum absolute atomic E-state index is 14.4. The van der Waals surface area contributed by atoms with Gasteiger partial charge in [0.1, 0.15) is 18.2 Å². The van der Waals surface area contributed by atoms with Crippen molar-refractivity contribution in [1.82, 2.24) is 20.1 Å². The highest BCUT2D eigenvalue weighted by molar-refractivity contribution is 6.30. The molecule has 3 rings (SSSR count). The zero-order valence-electron chi connectivity index (χ0n) is 28.9. The molecule has 262 valence electrons. The second kappa shape index (κ2) is 17.4. The highest BCUT2D eigenvalue weighted by Crippen LogP contribution is 2.33.